The van der Waals surface area contributed by atoms with Crippen molar-refractivity contribution in [2.24, 2.45) is 7.05 Å². The zero-order valence-corrected chi connectivity index (χ0v) is 11.6. The van der Waals surface area contributed by atoms with Crippen LogP contribution in [0.4, 0.5) is 0 Å². The summed E-state index contributed by atoms with van der Waals surface area (Å²) in [5.41, 5.74) is 4.90. The maximum absolute atomic E-state index is 12.1. The van der Waals surface area contributed by atoms with Gasteiger partial charge in [-0.15, -0.1) is 0 Å². The number of rotatable bonds is 2. The number of aromatic nitrogens is 1. The number of hydrogen-bond acceptors (Lipinski definition) is 2. The Kier molecular flexibility index (Phi) is 2.86. The van der Waals surface area contributed by atoms with Gasteiger partial charge in [0, 0.05) is 19.0 Å². The number of halogens is 1. The minimum absolute atomic E-state index is 0.336. The molecule has 0 N–H and O–H groups in total. The summed E-state index contributed by atoms with van der Waals surface area (Å²) in [6.07, 6.45) is 0.736. The van der Waals surface area contributed by atoms with Crippen molar-refractivity contribution in [2.45, 2.75) is 13.3 Å². The van der Waals surface area contributed by atoms with Crippen LogP contribution in [0.15, 0.2) is 24.3 Å². The van der Waals surface area contributed by atoms with E-state index < -0.39 is 0 Å². The molecule has 0 atom stereocenters. The van der Waals surface area contributed by atoms with Gasteiger partial charge in [-0.3, -0.25) is 0 Å². The minimum Gasteiger partial charge on any atom is -0.462 e. The molecule has 0 aliphatic heterocycles. The molecule has 0 saturated carbocycles. The lowest BCUT2D eigenvalue weighted by Gasteiger charge is -2.05. The third-order valence-electron chi connectivity index (χ3n) is 3.54. The molecule has 2 aromatic rings. The highest BCUT2D eigenvalue weighted by atomic mass is 35.5. The third-order valence-corrected chi connectivity index (χ3v) is 3.99. The van der Waals surface area contributed by atoms with Gasteiger partial charge in [-0.05, 0) is 18.1 Å². The summed E-state index contributed by atoms with van der Waals surface area (Å²) in [6.45, 7) is 2.15. The predicted octanol–water partition coefficient (Wildman–Crippen LogP) is 3.43. The molecule has 0 fully saturated rings. The van der Waals surface area contributed by atoms with Crippen molar-refractivity contribution in [1.82, 2.24) is 4.57 Å². The monoisotopic (exact) mass is 275 g/mol. The Balaban J connectivity index is 2.20. The molecule has 19 heavy (non-hydrogen) atoms. The van der Waals surface area contributed by atoms with Gasteiger partial charge in [0.25, 0.3) is 0 Å². The molecule has 0 amide bonds. The topological polar surface area (TPSA) is 31.2 Å². The van der Waals surface area contributed by atoms with Crippen LogP contribution in [0.1, 0.15) is 28.4 Å². The molecule has 1 heterocycles. The van der Waals surface area contributed by atoms with Crippen molar-refractivity contribution >= 4 is 17.6 Å². The van der Waals surface area contributed by atoms with E-state index in [4.69, 9.17) is 16.3 Å². The average molecular weight is 276 g/mol. The van der Waals surface area contributed by atoms with E-state index in [1.807, 2.05) is 23.7 Å². The maximum Gasteiger partial charge on any atom is 0.341 e. The number of carbonyl (C=O) groups excluding carboxylic acids is 1. The first-order valence-electron chi connectivity index (χ1n) is 6.27. The van der Waals surface area contributed by atoms with Crippen LogP contribution in [0.25, 0.3) is 11.3 Å². The van der Waals surface area contributed by atoms with Gasteiger partial charge in [0.15, 0.2) is 0 Å². The Bertz CT molecular complexity index is 673. The molecule has 0 bridgehead atoms. The maximum atomic E-state index is 12.1. The molecular formula is C15H14ClNO2. The molecule has 0 saturated heterocycles. The first-order valence-corrected chi connectivity index (χ1v) is 6.65. The molecule has 0 radical (unpaired) electrons. The van der Waals surface area contributed by atoms with Crippen LogP contribution in [0.5, 0.6) is 0 Å². The van der Waals surface area contributed by atoms with Crippen LogP contribution in [-0.4, -0.2) is 17.1 Å². The summed E-state index contributed by atoms with van der Waals surface area (Å²) >= 11 is 6.29. The molecule has 1 aliphatic carbocycles. The van der Waals surface area contributed by atoms with Crippen molar-refractivity contribution in [2.75, 3.05) is 6.61 Å². The van der Waals surface area contributed by atoms with Crippen molar-refractivity contribution in [1.29, 1.82) is 0 Å². The molecule has 1 aromatic carbocycles. The predicted molar refractivity (Wildman–Crippen MR) is 74.6 cm³/mol. The van der Waals surface area contributed by atoms with Gasteiger partial charge in [0.1, 0.15) is 10.7 Å². The third kappa shape index (κ3) is 1.69. The van der Waals surface area contributed by atoms with Gasteiger partial charge >= 0.3 is 5.97 Å². The summed E-state index contributed by atoms with van der Waals surface area (Å²) in [5.74, 6) is -0.336. The van der Waals surface area contributed by atoms with E-state index in [1.54, 1.807) is 6.92 Å². The van der Waals surface area contributed by atoms with E-state index in [1.165, 1.54) is 5.56 Å². The fourth-order valence-electron chi connectivity index (χ4n) is 2.73. The molecular weight excluding hydrogens is 262 g/mol. The fraction of sp³-hybridized carbons (Fsp3) is 0.267. The molecule has 0 unspecified atom stereocenters. The Labute approximate surface area is 116 Å². The number of nitrogens with zero attached hydrogens (tertiary/aromatic N) is 1. The second-order valence-electron chi connectivity index (χ2n) is 4.61. The summed E-state index contributed by atoms with van der Waals surface area (Å²) < 4.78 is 6.98. The zero-order chi connectivity index (χ0) is 13.6. The number of ether oxygens (including phenoxy) is 1. The van der Waals surface area contributed by atoms with Crippen LogP contribution < -0.4 is 0 Å². The van der Waals surface area contributed by atoms with Crippen LogP contribution in [0.2, 0.25) is 5.15 Å². The first kappa shape index (κ1) is 12.3. The van der Waals surface area contributed by atoms with Crippen LogP contribution in [0.3, 0.4) is 0 Å². The Morgan fingerprint density at radius 1 is 1.42 bits per heavy atom. The lowest BCUT2D eigenvalue weighted by molar-refractivity contribution is 0.0525. The van der Waals surface area contributed by atoms with E-state index in [-0.39, 0.29) is 5.97 Å². The SMILES string of the molecule is CCOC(=O)c1c2c(n(C)c1Cl)-c1ccccc1C2. The summed E-state index contributed by atoms with van der Waals surface area (Å²) in [6, 6.07) is 8.15. The van der Waals surface area contributed by atoms with Crippen LogP contribution in [0, 0.1) is 0 Å². The summed E-state index contributed by atoms with van der Waals surface area (Å²) in [4.78, 5) is 12.1. The van der Waals surface area contributed by atoms with Crippen molar-refractivity contribution in [3.63, 3.8) is 0 Å². The molecule has 3 nitrogen and oxygen atoms in total. The number of benzene rings is 1. The lowest BCUT2D eigenvalue weighted by atomic mass is 10.1. The van der Waals surface area contributed by atoms with E-state index in [0.717, 1.165) is 23.2 Å². The number of hydrogen-bond donors (Lipinski definition) is 0. The van der Waals surface area contributed by atoms with Crippen molar-refractivity contribution in [3.8, 4) is 11.3 Å². The Hall–Kier alpha value is -1.74. The van der Waals surface area contributed by atoms with E-state index in [0.29, 0.717) is 17.3 Å². The Morgan fingerprint density at radius 3 is 2.89 bits per heavy atom. The first-order chi connectivity index (χ1) is 9.15. The van der Waals surface area contributed by atoms with Crippen LogP contribution in [-0.2, 0) is 18.2 Å². The Morgan fingerprint density at radius 2 is 2.16 bits per heavy atom. The largest absolute Gasteiger partial charge is 0.462 e. The molecule has 1 aliphatic rings. The molecule has 0 spiro atoms. The van der Waals surface area contributed by atoms with Gasteiger partial charge in [-0.2, -0.15) is 0 Å². The van der Waals surface area contributed by atoms with E-state index in [2.05, 4.69) is 12.1 Å². The molecule has 4 heteroatoms. The average Bonchev–Trinajstić information content (AvgIpc) is 2.87. The molecule has 1 aromatic heterocycles. The molecule has 3 rings (SSSR count). The minimum atomic E-state index is -0.336. The quantitative estimate of drug-likeness (QED) is 0.671. The number of carbonyl (C=O) groups is 1. The summed E-state index contributed by atoms with van der Waals surface area (Å²) in [5, 5.41) is 0.456. The highest BCUT2D eigenvalue weighted by Crippen LogP contribution is 2.42. The van der Waals surface area contributed by atoms with Crippen LogP contribution >= 0.6 is 11.6 Å². The van der Waals surface area contributed by atoms with Gasteiger partial charge in [0.05, 0.1) is 12.3 Å². The highest BCUT2D eigenvalue weighted by molar-refractivity contribution is 6.33. The highest BCUT2D eigenvalue weighted by Gasteiger charge is 2.31. The number of esters is 1. The lowest BCUT2D eigenvalue weighted by Crippen LogP contribution is -2.07. The van der Waals surface area contributed by atoms with E-state index >= 15 is 0 Å². The smallest absolute Gasteiger partial charge is 0.341 e. The zero-order valence-electron chi connectivity index (χ0n) is 10.9. The molecule has 98 valence electrons. The second kappa shape index (κ2) is 4.42. The second-order valence-corrected chi connectivity index (χ2v) is 4.96. The summed E-state index contributed by atoms with van der Waals surface area (Å²) in [7, 11) is 1.88. The standard InChI is InChI=1S/C15H14ClNO2/c1-3-19-15(18)12-11-8-9-6-4-5-7-10(9)13(11)17(2)14(12)16/h4-7H,3,8H2,1-2H3. The fourth-order valence-corrected chi connectivity index (χ4v) is 3.01. The van der Waals surface area contributed by atoms with Crippen molar-refractivity contribution in [3.05, 3.63) is 46.1 Å². The van der Waals surface area contributed by atoms with Gasteiger partial charge in [0.2, 0.25) is 0 Å². The van der Waals surface area contributed by atoms with Gasteiger partial charge in [-0.1, -0.05) is 35.9 Å². The van der Waals surface area contributed by atoms with Gasteiger partial charge in [-0.25, -0.2) is 4.79 Å². The number of fused-ring (bicyclic) bond motifs is 3. The van der Waals surface area contributed by atoms with Crippen molar-refractivity contribution < 1.29 is 9.53 Å². The van der Waals surface area contributed by atoms with E-state index in [9.17, 15) is 4.79 Å². The normalized spacial score (nSPS) is 12.2. The van der Waals surface area contributed by atoms with Gasteiger partial charge < -0.3 is 9.30 Å².